The van der Waals surface area contributed by atoms with Crippen LogP contribution in [0.5, 0.6) is 0 Å². The summed E-state index contributed by atoms with van der Waals surface area (Å²) < 4.78 is 22.4. The highest BCUT2D eigenvalue weighted by Crippen LogP contribution is 2.41. The van der Waals surface area contributed by atoms with Gasteiger partial charge in [0.2, 0.25) is 5.91 Å². The number of nitrogens with one attached hydrogen (secondary N) is 1. The summed E-state index contributed by atoms with van der Waals surface area (Å²) in [6, 6.07) is 4.17. The van der Waals surface area contributed by atoms with E-state index in [4.69, 9.17) is 0 Å². The van der Waals surface area contributed by atoms with Gasteiger partial charge in [-0.25, -0.2) is 8.42 Å². The van der Waals surface area contributed by atoms with Gasteiger partial charge < -0.3 is 5.32 Å². The summed E-state index contributed by atoms with van der Waals surface area (Å²) in [5, 5.41) is 3.08. The van der Waals surface area contributed by atoms with Gasteiger partial charge in [-0.05, 0) is 42.4 Å². The van der Waals surface area contributed by atoms with Gasteiger partial charge in [0.05, 0.1) is 5.75 Å². The molecule has 3 rings (SSSR count). The maximum Gasteiger partial charge on any atom is 0.221 e. The number of carbonyl (C=O) groups is 1. The first-order chi connectivity index (χ1) is 11.4. The van der Waals surface area contributed by atoms with Crippen LogP contribution in [-0.4, -0.2) is 55.3 Å². The number of likely N-dealkylation sites (tertiary alicyclic amines) is 1. The van der Waals surface area contributed by atoms with Crippen molar-refractivity contribution in [2.45, 2.75) is 31.8 Å². The monoisotopic (exact) mass is 351 g/mol. The van der Waals surface area contributed by atoms with E-state index in [0.717, 1.165) is 19.6 Å². The fraction of sp³-hybridized carbons (Fsp3) is 0.647. The zero-order valence-corrected chi connectivity index (χ0v) is 14.8. The fourth-order valence-electron chi connectivity index (χ4n) is 3.50. The molecule has 2 atom stereocenters. The first-order valence-corrected chi connectivity index (χ1v) is 10.5. The first-order valence-electron chi connectivity index (χ1n) is 8.49. The summed E-state index contributed by atoms with van der Waals surface area (Å²) in [6.07, 6.45) is 7.30. The number of nitrogens with zero attached hydrogens (tertiary/aromatic N) is 2. The largest absolute Gasteiger partial charge is 0.352 e. The Morgan fingerprint density at radius 2 is 2.00 bits per heavy atom. The van der Waals surface area contributed by atoms with Crippen LogP contribution in [0.2, 0.25) is 0 Å². The molecule has 1 aliphatic carbocycles. The van der Waals surface area contributed by atoms with E-state index in [0.29, 0.717) is 11.8 Å². The summed E-state index contributed by atoms with van der Waals surface area (Å²) in [6.45, 7) is 2.68. The second-order valence-corrected chi connectivity index (χ2v) is 9.36. The molecule has 2 heterocycles. The third-order valence-corrected chi connectivity index (χ3v) is 5.82. The lowest BCUT2D eigenvalue weighted by Gasteiger charge is -2.19. The number of sulfone groups is 1. The molecule has 7 heteroatoms. The van der Waals surface area contributed by atoms with E-state index in [-0.39, 0.29) is 24.1 Å². The summed E-state index contributed by atoms with van der Waals surface area (Å²) >= 11 is 0. The van der Waals surface area contributed by atoms with Crippen molar-refractivity contribution in [2.75, 3.05) is 25.1 Å². The predicted molar refractivity (Wildman–Crippen MR) is 92.0 cm³/mol. The number of amides is 1. The quantitative estimate of drug-likeness (QED) is 0.788. The number of carbonyl (C=O) groups excluding carboxylic acids is 1. The van der Waals surface area contributed by atoms with E-state index >= 15 is 0 Å². The average Bonchev–Trinajstić information content (AvgIpc) is 3.29. The predicted octanol–water partition coefficient (Wildman–Crippen LogP) is 0.843. The van der Waals surface area contributed by atoms with Gasteiger partial charge >= 0.3 is 0 Å². The highest BCUT2D eigenvalue weighted by atomic mass is 32.2. The van der Waals surface area contributed by atoms with Gasteiger partial charge in [-0.1, -0.05) is 0 Å². The maximum atomic E-state index is 12.1. The van der Waals surface area contributed by atoms with Crippen molar-refractivity contribution >= 4 is 15.7 Å². The fourth-order valence-corrected chi connectivity index (χ4v) is 4.06. The number of hydrogen-bond acceptors (Lipinski definition) is 5. The minimum absolute atomic E-state index is 0.0527. The van der Waals surface area contributed by atoms with Gasteiger partial charge in [0.1, 0.15) is 9.84 Å². The number of pyridine rings is 1. The van der Waals surface area contributed by atoms with Gasteiger partial charge in [-0.3, -0.25) is 14.7 Å². The van der Waals surface area contributed by atoms with E-state index in [2.05, 4.69) is 15.2 Å². The molecule has 1 aromatic rings. The van der Waals surface area contributed by atoms with Gasteiger partial charge in [-0.2, -0.15) is 0 Å². The highest BCUT2D eigenvalue weighted by molar-refractivity contribution is 7.90. The molecule has 0 unspecified atom stereocenters. The Labute approximate surface area is 143 Å². The van der Waals surface area contributed by atoms with E-state index in [1.165, 1.54) is 24.7 Å². The van der Waals surface area contributed by atoms with Crippen molar-refractivity contribution < 1.29 is 13.2 Å². The molecule has 2 fully saturated rings. The minimum atomic E-state index is -3.10. The third-order valence-electron chi connectivity index (χ3n) is 4.87. The van der Waals surface area contributed by atoms with E-state index < -0.39 is 9.84 Å². The van der Waals surface area contributed by atoms with Crippen LogP contribution in [0.25, 0.3) is 0 Å². The van der Waals surface area contributed by atoms with E-state index in [1.807, 2.05) is 12.1 Å². The zero-order valence-electron chi connectivity index (χ0n) is 14.0. The molecule has 0 bridgehead atoms. The molecule has 0 spiro atoms. The Kier molecular flexibility index (Phi) is 5.20. The average molecular weight is 351 g/mol. The minimum Gasteiger partial charge on any atom is -0.352 e. The lowest BCUT2D eigenvalue weighted by Crippen LogP contribution is -2.41. The van der Waals surface area contributed by atoms with Crippen LogP contribution in [0, 0.1) is 11.8 Å². The van der Waals surface area contributed by atoms with Crippen LogP contribution >= 0.6 is 0 Å². The third kappa shape index (κ3) is 5.01. The number of rotatable bonds is 7. The van der Waals surface area contributed by atoms with Crippen molar-refractivity contribution in [3.63, 3.8) is 0 Å². The molecule has 6 nitrogen and oxygen atoms in total. The molecular formula is C17H25N3O3S. The molecular weight excluding hydrogens is 326 g/mol. The Bertz CT molecular complexity index is 674. The highest BCUT2D eigenvalue weighted by Gasteiger charge is 2.42. The summed E-state index contributed by atoms with van der Waals surface area (Å²) in [5.41, 5.74) is 1.23. The molecule has 0 aromatic carbocycles. The normalized spacial score (nSPS) is 24.9. The van der Waals surface area contributed by atoms with Crippen molar-refractivity contribution in [1.29, 1.82) is 0 Å². The lowest BCUT2D eigenvalue weighted by atomic mass is 9.98. The summed E-state index contributed by atoms with van der Waals surface area (Å²) in [7, 11) is -3.10. The maximum absolute atomic E-state index is 12.1. The Morgan fingerprint density at radius 3 is 2.62 bits per heavy atom. The molecule has 2 aliphatic rings. The molecule has 1 saturated carbocycles. The molecule has 1 N–H and O–H groups in total. The van der Waals surface area contributed by atoms with Crippen molar-refractivity contribution in [3.05, 3.63) is 30.1 Å². The van der Waals surface area contributed by atoms with Gasteiger partial charge in [-0.15, -0.1) is 0 Å². The SMILES string of the molecule is CS(=O)(=O)CCC(=O)N[C@@H]1CN(Cc2ccncc2)C[C@H]1C1CC1. The van der Waals surface area contributed by atoms with Crippen LogP contribution < -0.4 is 5.32 Å². The molecule has 1 aromatic heterocycles. The first kappa shape index (κ1) is 17.4. The molecule has 132 valence electrons. The standard InChI is InChI=1S/C17H25N3O3S/c1-24(22,23)9-6-17(21)19-16-12-20(11-15(16)14-2-3-14)10-13-4-7-18-8-5-13/h4-5,7-8,14-16H,2-3,6,9-12H2,1H3,(H,19,21)/t15-,16+/m0/s1. The summed E-state index contributed by atoms with van der Waals surface area (Å²) in [4.78, 5) is 18.5. The van der Waals surface area contributed by atoms with Crippen molar-refractivity contribution in [2.24, 2.45) is 11.8 Å². The lowest BCUT2D eigenvalue weighted by molar-refractivity contribution is -0.121. The second kappa shape index (κ2) is 7.19. The van der Waals surface area contributed by atoms with Crippen LogP contribution in [0.4, 0.5) is 0 Å². The molecule has 24 heavy (non-hydrogen) atoms. The smallest absolute Gasteiger partial charge is 0.221 e. The Morgan fingerprint density at radius 1 is 1.29 bits per heavy atom. The van der Waals surface area contributed by atoms with Gasteiger partial charge in [0.25, 0.3) is 0 Å². The Hall–Kier alpha value is -1.47. The second-order valence-electron chi connectivity index (χ2n) is 7.10. The van der Waals surface area contributed by atoms with Crippen LogP contribution in [0.15, 0.2) is 24.5 Å². The number of aromatic nitrogens is 1. The van der Waals surface area contributed by atoms with Crippen molar-refractivity contribution in [3.8, 4) is 0 Å². The van der Waals surface area contributed by atoms with E-state index in [1.54, 1.807) is 12.4 Å². The van der Waals surface area contributed by atoms with Crippen LogP contribution in [-0.2, 0) is 21.2 Å². The number of hydrogen-bond donors (Lipinski definition) is 1. The Balaban J connectivity index is 1.56. The molecule has 0 radical (unpaired) electrons. The molecule has 1 saturated heterocycles. The van der Waals surface area contributed by atoms with Crippen LogP contribution in [0.3, 0.4) is 0 Å². The van der Waals surface area contributed by atoms with Crippen LogP contribution in [0.1, 0.15) is 24.8 Å². The molecule has 1 amide bonds. The zero-order chi connectivity index (χ0) is 17.2. The van der Waals surface area contributed by atoms with Gasteiger partial charge in [0, 0.05) is 50.7 Å². The van der Waals surface area contributed by atoms with Gasteiger partial charge in [0.15, 0.2) is 0 Å². The molecule has 1 aliphatic heterocycles. The van der Waals surface area contributed by atoms with E-state index in [9.17, 15) is 13.2 Å². The van der Waals surface area contributed by atoms with Crippen molar-refractivity contribution in [1.82, 2.24) is 15.2 Å². The summed E-state index contributed by atoms with van der Waals surface area (Å²) in [5.74, 6) is 0.948. The topological polar surface area (TPSA) is 79.4 Å².